The van der Waals surface area contributed by atoms with Crippen LogP contribution in [0.1, 0.15) is 0 Å². The number of aromatic nitrogens is 4. The van der Waals surface area contributed by atoms with Gasteiger partial charge in [-0.1, -0.05) is 164 Å². The Kier molecular flexibility index (Phi) is 7.82. The third-order valence-corrected chi connectivity index (χ3v) is 14.5. The molecule has 14 rings (SSSR count). The van der Waals surface area contributed by atoms with Crippen molar-refractivity contribution in [1.82, 2.24) is 19.1 Å². The van der Waals surface area contributed by atoms with E-state index < -0.39 is 0 Å². The van der Waals surface area contributed by atoms with Crippen LogP contribution in [0.25, 0.3) is 131 Å². The predicted molar refractivity (Wildman–Crippen MR) is 275 cm³/mol. The van der Waals surface area contributed by atoms with Crippen molar-refractivity contribution in [3.05, 3.63) is 218 Å². The first-order valence-electron chi connectivity index (χ1n) is 22.1. The van der Waals surface area contributed by atoms with Crippen LogP contribution in [0.5, 0.6) is 0 Å². The van der Waals surface area contributed by atoms with Crippen LogP contribution < -0.4 is 0 Å². The van der Waals surface area contributed by atoms with Crippen molar-refractivity contribution in [1.29, 1.82) is 0 Å². The van der Waals surface area contributed by atoms with Crippen molar-refractivity contribution in [3.8, 4) is 45.3 Å². The second-order valence-corrected chi connectivity index (χ2v) is 17.9. The largest absolute Gasteiger partial charge is 0.309 e. The van der Waals surface area contributed by atoms with E-state index in [-0.39, 0.29) is 0 Å². The molecule has 4 heterocycles. The van der Waals surface area contributed by atoms with E-state index in [0.29, 0.717) is 5.82 Å². The molecule has 0 atom stereocenters. The predicted octanol–water partition coefficient (Wildman–Crippen LogP) is 16.3. The zero-order chi connectivity index (χ0) is 42.6. The molecule has 0 radical (unpaired) electrons. The number of hydrogen-bond donors (Lipinski definition) is 0. The molecule has 4 aromatic heterocycles. The lowest BCUT2D eigenvalue weighted by molar-refractivity contribution is 1.18. The fourth-order valence-corrected chi connectivity index (χ4v) is 11.8. The van der Waals surface area contributed by atoms with Gasteiger partial charge < -0.3 is 9.13 Å². The standard InChI is InChI=1S/C60H36N4S/c1-4-18-37(19-5-1)49-35-50(38-20-6-2-7-21-38)62-60(61-49)45-32-33-53(41-25-11-10-24-40(41)45)64-52-31-17-15-29-46(52)56-43-27-12-13-28-44(43)57-48-34-47-42-26-14-16-30-51(42)63(39-22-8-3-9-23-39)54(47)36-55(48)65-59(57)58(56)64/h1-36H. The minimum Gasteiger partial charge on any atom is -0.309 e. The van der Waals surface area contributed by atoms with Crippen molar-refractivity contribution in [2.75, 3.05) is 0 Å². The minimum atomic E-state index is 0.701. The van der Waals surface area contributed by atoms with Gasteiger partial charge in [0.1, 0.15) is 0 Å². The Balaban J connectivity index is 1.08. The molecule has 0 fully saturated rings. The molecule has 0 aliphatic rings. The average Bonchev–Trinajstić information content (AvgIpc) is 4.04. The fraction of sp³-hybridized carbons (Fsp3) is 0. The Morgan fingerprint density at radius 2 is 0.892 bits per heavy atom. The zero-order valence-electron chi connectivity index (χ0n) is 35.0. The van der Waals surface area contributed by atoms with Crippen LogP contribution >= 0.6 is 11.3 Å². The molecule has 65 heavy (non-hydrogen) atoms. The monoisotopic (exact) mass is 844 g/mol. The van der Waals surface area contributed by atoms with E-state index in [9.17, 15) is 0 Å². The lowest BCUT2D eigenvalue weighted by Crippen LogP contribution is -1.99. The lowest BCUT2D eigenvalue weighted by atomic mass is 9.98. The second kappa shape index (κ2) is 14.1. The number of hydrogen-bond acceptors (Lipinski definition) is 3. The van der Waals surface area contributed by atoms with Gasteiger partial charge >= 0.3 is 0 Å². The van der Waals surface area contributed by atoms with E-state index in [1.165, 1.54) is 74.6 Å². The van der Waals surface area contributed by atoms with Crippen LogP contribution in [0.15, 0.2) is 218 Å². The van der Waals surface area contributed by atoms with Crippen molar-refractivity contribution >= 4 is 96.7 Å². The Morgan fingerprint density at radius 1 is 0.354 bits per heavy atom. The molecule has 0 N–H and O–H groups in total. The molecule has 14 aromatic rings. The third kappa shape index (κ3) is 5.37. The van der Waals surface area contributed by atoms with Crippen LogP contribution in [-0.4, -0.2) is 19.1 Å². The Hall–Kier alpha value is -8.38. The van der Waals surface area contributed by atoms with Gasteiger partial charge in [-0.05, 0) is 70.8 Å². The highest BCUT2D eigenvalue weighted by Crippen LogP contribution is 2.50. The molecule has 0 saturated carbocycles. The number of fused-ring (bicyclic) bond motifs is 14. The van der Waals surface area contributed by atoms with Gasteiger partial charge in [-0.2, -0.15) is 0 Å². The number of thiophene rings is 1. The summed E-state index contributed by atoms with van der Waals surface area (Å²) in [6.45, 7) is 0. The smallest absolute Gasteiger partial charge is 0.161 e. The summed E-state index contributed by atoms with van der Waals surface area (Å²) in [5.74, 6) is 0.701. The van der Waals surface area contributed by atoms with Gasteiger partial charge in [0, 0.05) is 64.8 Å². The topological polar surface area (TPSA) is 35.6 Å². The summed E-state index contributed by atoms with van der Waals surface area (Å²) < 4.78 is 7.52. The van der Waals surface area contributed by atoms with E-state index >= 15 is 0 Å². The van der Waals surface area contributed by atoms with Gasteiger partial charge in [-0.15, -0.1) is 11.3 Å². The van der Waals surface area contributed by atoms with Crippen LogP contribution in [0.4, 0.5) is 0 Å². The molecule has 0 aliphatic carbocycles. The maximum absolute atomic E-state index is 5.29. The molecule has 0 saturated heterocycles. The van der Waals surface area contributed by atoms with Crippen LogP contribution in [-0.2, 0) is 0 Å². The normalized spacial score (nSPS) is 12.0. The van der Waals surface area contributed by atoms with Crippen LogP contribution in [0, 0.1) is 0 Å². The van der Waals surface area contributed by atoms with E-state index in [1.54, 1.807) is 0 Å². The molecular formula is C60H36N4S. The van der Waals surface area contributed by atoms with Crippen molar-refractivity contribution in [2.24, 2.45) is 0 Å². The van der Waals surface area contributed by atoms with E-state index in [1.807, 2.05) is 23.5 Å². The molecule has 0 amide bonds. The van der Waals surface area contributed by atoms with Gasteiger partial charge in [0.15, 0.2) is 5.82 Å². The molecule has 10 aromatic carbocycles. The van der Waals surface area contributed by atoms with Crippen LogP contribution in [0.2, 0.25) is 0 Å². The molecular weight excluding hydrogens is 809 g/mol. The number of benzene rings is 10. The van der Waals surface area contributed by atoms with E-state index in [4.69, 9.17) is 9.97 Å². The van der Waals surface area contributed by atoms with Gasteiger partial charge in [-0.25, -0.2) is 9.97 Å². The quantitative estimate of drug-likeness (QED) is 0.173. The molecule has 0 spiro atoms. The van der Waals surface area contributed by atoms with Crippen molar-refractivity contribution in [2.45, 2.75) is 0 Å². The highest BCUT2D eigenvalue weighted by Gasteiger charge is 2.25. The average molecular weight is 845 g/mol. The summed E-state index contributed by atoms with van der Waals surface area (Å²) in [4.78, 5) is 10.6. The number of rotatable bonds is 5. The molecule has 0 bridgehead atoms. The van der Waals surface area contributed by atoms with Gasteiger partial charge in [0.2, 0.25) is 0 Å². The summed E-state index contributed by atoms with van der Waals surface area (Å²) in [6, 6.07) is 78.7. The fourth-order valence-electron chi connectivity index (χ4n) is 10.5. The SMILES string of the molecule is c1ccc(-c2cc(-c3ccccc3)nc(-c3ccc(-n4c5ccccc5c5c6ccccc6c6c7cc8c9ccccc9n(-c9ccccc9)c8cc7sc6c54)c4ccccc34)n2)cc1. The van der Waals surface area contributed by atoms with Crippen molar-refractivity contribution < 1.29 is 0 Å². The van der Waals surface area contributed by atoms with Crippen molar-refractivity contribution in [3.63, 3.8) is 0 Å². The maximum Gasteiger partial charge on any atom is 0.161 e. The lowest BCUT2D eigenvalue weighted by Gasteiger charge is -2.16. The summed E-state index contributed by atoms with van der Waals surface area (Å²) >= 11 is 1.91. The summed E-state index contributed by atoms with van der Waals surface area (Å²) in [6.07, 6.45) is 0. The molecule has 0 aliphatic heterocycles. The summed E-state index contributed by atoms with van der Waals surface area (Å²) in [5.41, 5.74) is 12.0. The summed E-state index contributed by atoms with van der Waals surface area (Å²) in [7, 11) is 0. The molecule has 0 unspecified atom stereocenters. The van der Waals surface area contributed by atoms with E-state index in [2.05, 4.69) is 215 Å². The van der Waals surface area contributed by atoms with Gasteiger partial charge in [0.05, 0.1) is 43.8 Å². The van der Waals surface area contributed by atoms with Gasteiger partial charge in [-0.3, -0.25) is 0 Å². The van der Waals surface area contributed by atoms with E-state index in [0.717, 1.165) is 50.2 Å². The van der Waals surface area contributed by atoms with Crippen LogP contribution in [0.3, 0.4) is 0 Å². The molecule has 5 heteroatoms. The first-order valence-corrected chi connectivity index (χ1v) is 22.9. The Labute approximate surface area is 377 Å². The summed E-state index contributed by atoms with van der Waals surface area (Å²) in [5, 5.41) is 12.4. The minimum absolute atomic E-state index is 0.701. The Bertz CT molecular complexity index is 4160. The number of para-hydroxylation sites is 3. The first kappa shape index (κ1) is 36.1. The first-order chi connectivity index (χ1) is 32.3. The maximum atomic E-state index is 5.29. The second-order valence-electron chi connectivity index (χ2n) is 16.9. The zero-order valence-corrected chi connectivity index (χ0v) is 35.8. The highest BCUT2D eigenvalue weighted by atomic mass is 32.1. The number of nitrogens with zero attached hydrogens (tertiary/aromatic N) is 4. The molecule has 4 nitrogen and oxygen atoms in total. The molecule has 302 valence electrons. The third-order valence-electron chi connectivity index (χ3n) is 13.3. The highest BCUT2D eigenvalue weighted by molar-refractivity contribution is 7.27. The van der Waals surface area contributed by atoms with Gasteiger partial charge in [0.25, 0.3) is 0 Å². The Morgan fingerprint density at radius 3 is 1.57 bits per heavy atom.